The number of hydrogen-bond donors (Lipinski definition) is 1. The standard InChI is InChI=1S/C8H14F3N/c1-3-4-5-6-7(12-2)8(9,10)11/h4-5,7,12H,3,6H2,1-2H3/b5-4-. The number of halogens is 3. The monoisotopic (exact) mass is 181 g/mol. The molecule has 0 spiro atoms. The van der Waals surface area contributed by atoms with Crippen molar-refractivity contribution in [3.05, 3.63) is 12.2 Å². The van der Waals surface area contributed by atoms with Gasteiger partial charge >= 0.3 is 6.18 Å². The predicted molar refractivity (Wildman–Crippen MR) is 43.0 cm³/mol. The van der Waals surface area contributed by atoms with E-state index in [1.54, 1.807) is 12.2 Å². The van der Waals surface area contributed by atoms with Crippen molar-refractivity contribution in [3.63, 3.8) is 0 Å². The highest BCUT2D eigenvalue weighted by molar-refractivity contribution is 4.88. The molecule has 1 unspecified atom stereocenters. The fourth-order valence-corrected chi connectivity index (χ4v) is 0.814. The van der Waals surface area contributed by atoms with Crippen molar-refractivity contribution in [1.29, 1.82) is 0 Å². The molecule has 0 aliphatic carbocycles. The SMILES string of the molecule is CC/C=C\CC(NC)C(F)(F)F. The molecule has 0 fully saturated rings. The second-order valence-corrected chi connectivity index (χ2v) is 2.50. The molecule has 0 radical (unpaired) electrons. The normalized spacial score (nSPS) is 15.4. The molecule has 72 valence electrons. The zero-order valence-electron chi connectivity index (χ0n) is 7.28. The summed E-state index contributed by atoms with van der Waals surface area (Å²) in [6.45, 7) is 1.89. The maximum absolute atomic E-state index is 12.1. The second-order valence-electron chi connectivity index (χ2n) is 2.50. The van der Waals surface area contributed by atoms with Crippen LogP contribution in [0.2, 0.25) is 0 Å². The molecule has 12 heavy (non-hydrogen) atoms. The first-order valence-corrected chi connectivity index (χ1v) is 3.91. The van der Waals surface area contributed by atoms with E-state index in [9.17, 15) is 13.2 Å². The minimum absolute atomic E-state index is 0.00778. The molecule has 0 aromatic heterocycles. The third-order valence-corrected chi connectivity index (χ3v) is 1.52. The zero-order valence-corrected chi connectivity index (χ0v) is 7.28. The van der Waals surface area contributed by atoms with Crippen LogP contribution in [0.25, 0.3) is 0 Å². The lowest BCUT2D eigenvalue weighted by Gasteiger charge is -2.17. The van der Waals surface area contributed by atoms with Crippen LogP contribution in [-0.2, 0) is 0 Å². The summed E-state index contributed by atoms with van der Waals surface area (Å²) in [5.74, 6) is 0. The molecule has 0 amide bonds. The van der Waals surface area contributed by atoms with E-state index >= 15 is 0 Å². The minimum atomic E-state index is -4.15. The van der Waals surface area contributed by atoms with Gasteiger partial charge in [-0.25, -0.2) is 0 Å². The molecular formula is C8H14F3N. The Kier molecular flexibility index (Phi) is 4.97. The van der Waals surface area contributed by atoms with Crippen LogP contribution in [0.15, 0.2) is 12.2 Å². The quantitative estimate of drug-likeness (QED) is 0.657. The topological polar surface area (TPSA) is 12.0 Å². The van der Waals surface area contributed by atoms with Crippen LogP contribution in [-0.4, -0.2) is 19.3 Å². The highest BCUT2D eigenvalue weighted by atomic mass is 19.4. The van der Waals surface area contributed by atoms with Gasteiger partial charge in [-0.05, 0) is 19.9 Å². The molecule has 0 bridgehead atoms. The predicted octanol–water partition coefficient (Wildman–Crippen LogP) is 2.49. The van der Waals surface area contributed by atoms with E-state index in [0.717, 1.165) is 6.42 Å². The summed E-state index contributed by atoms with van der Waals surface area (Å²) < 4.78 is 36.2. The maximum Gasteiger partial charge on any atom is 0.404 e. The van der Waals surface area contributed by atoms with Crippen molar-refractivity contribution in [3.8, 4) is 0 Å². The van der Waals surface area contributed by atoms with E-state index < -0.39 is 12.2 Å². The molecule has 1 N–H and O–H groups in total. The van der Waals surface area contributed by atoms with Gasteiger partial charge in [-0.3, -0.25) is 0 Å². The first-order chi connectivity index (χ1) is 5.52. The molecule has 0 aliphatic rings. The van der Waals surface area contributed by atoms with Gasteiger partial charge in [-0.2, -0.15) is 13.2 Å². The van der Waals surface area contributed by atoms with Gasteiger partial charge in [-0.1, -0.05) is 19.1 Å². The molecule has 0 aromatic rings. The molecule has 1 atom stereocenters. The van der Waals surface area contributed by atoms with Crippen LogP contribution in [0, 0.1) is 0 Å². The van der Waals surface area contributed by atoms with E-state index in [0.29, 0.717) is 0 Å². The lowest BCUT2D eigenvalue weighted by Crippen LogP contribution is -2.39. The van der Waals surface area contributed by atoms with Crippen molar-refractivity contribution in [1.82, 2.24) is 5.32 Å². The largest absolute Gasteiger partial charge is 0.404 e. The van der Waals surface area contributed by atoms with E-state index in [2.05, 4.69) is 5.32 Å². The first-order valence-electron chi connectivity index (χ1n) is 3.91. The fraction of sp³-hybridized carbons (Fsp3) is 0.750. The number of nitrogens with one attached hydrogen (secondary N) is 1. The summed E-state index contributed by atoms with van der Waals surface area (Å²) >= 11 is 0. The molecule has 0 rings (SSSR count). The minimum Gasteiger partial charge on any atom is -0.309 e. The van der Waals surface area contributed by atoms with Crippen molar-refractivity contribution in [2.24, 2.45) is 0 Å². The number of alkyl halides is 3. The summed E-state index contributed by atoms with van der Waals surface area (Å²) in [5, 5.41) is 2.22. The molecular weight excluding hydrogens is 167 g/mol. The third kappa shape index (κ3) is 4.38. The van der Waals surface area contributed by atoms with E-state index in [-0.39, 0.29) is 6.42 Å². The Bertz CT molecular complexity index is 140. The van der Waals surface area contributed by atoms with Gasteiger partial charge in [-0.15, -0.1) is 0 Å². The Morgan fingerprint density at radius 3 is 2.25 bits per heavy atom. The maximum atomic E-state index is 12.1. The highest BCUT2D eigenvalue weighted by Gasteiger charge is 2.37. The highest BCUT2D eigenvalue weighted by Crippen LogP contribution is 2.22. The van der Waals surface area contributed by atoms with Crippen molar-refractivity contribution >= 4 is 0 Å². The molecule has 4 heteroatoms. The van der Waals surface area contributed by atoms with Gasteiger partial charge in [0, 0.05) is 0 Å². The van der Waals surface area contributed by atoms with Crippen LogP contribution in [0.5, 0.6) is 0 Å². The molecule has 0 aromatic carbocycles. The Hall–Kier alpha value is -0.510. The Morgan fingerprint density at radius 1 is 1.33 bits per heavy atom. The lowest BCUT2D eigenvalue weighted by atomic mass is 10.2. The van der Waals surface area contributed by atoms with Crippen LogP contribution in [0.1, 0.15) is 19.8 Å². The fourth-order valence-electron chi connectivity index (χ4n) is 0.814. The van der Waals surface area contributed by atoms with Crippen LogP contribution < -0.4 is 5.32 Å². The molecule has 0 aliphatic heterocycles. The number of rotatable bonds is 4. The van der Waals surface area contributed by atoms with Crippen LogP contribution in [0.4, 0.5) is 13.2 Å². The van der Waals surface area contributed by atoms with Gasteiger partial charge in [0.1, 0.15) is 6.04 Å². The second kappa shape index (κ2) is 5.19. The van der Waals surface area contributed by atoms with Crippen molar-refractivity contribution in [2.75, 3.05) is 7.05 Å². The number of hydrogen-bond acceptors (Lipinski definition) is 1. The van der Waals surface area contributed by atoms with Gasteiger partial charge in [0.2, 0.25) is 0 Å². The average Bonchev–Trinajstić information content (AvgIpc) is 1.95. The Labute approximate surface area is 70.7 Å². The van der Waals surface area contributed by atoms with Gasteiger partial charge in [0.05, 0.1) is 0 Å². The smallest absolute Gasteiger partial charge is 0.309 e. The van der Waals surface area contributed by atoms with Gasteiger partial charge in [0.15, 0.2) is 0 Å². The van der Waals surface area contributed by atoms with Gasteiger partial charge < -0.3 is 5.32 Å². The first kappa shape index (κ1) is 11.5. The summed E-state index contributed by atoms with van der Waals surface area (Å²) in [5.41, 5.74) is 0. The van der Waals surface area contributed by atoms with Crippen molar-refractivity contribution < 1.29 is 13.2 Å². The third-order valence-electron chi connectivity index (χ3n) is 1.52. The van der Waals surface area contributed by atoms with E-state index in [4.69, 9.17) is 0 Å². The Balaban J connectivity index is 3.92. The van der Waals surface area contributed by atoms with Crippen molar-refractivity contribution in [2.45, 2.75) is 32.0 Å². The number of allylic oxidation sites excluding steroid dienone is 1. The van der Waals surface area contributed by atoms with E-state index in [1.165, 1.54) is 7.05 Å². The van der Waals surface area contributed by atoms with E-state index in [1.807, 2.05) is 6.92 Å². The van der Waals surface area contributed by atoms with Gasteiger partial charge in [0.25, 0.3) is 0 Å². The summed E-state index contributed by atoms with van der Waals surface area (Å²) in [7, 11) is 1.32. The molecule has 0 saturated heterocycles. The lowest BCUT2D eigenvalue weighted by molar-refractivity contribution is -0.153. The average molecular weight is 181 g/mol. The molecule has 1 nitrogen and oxygen atoms in total. The van der Waals surface area contributed by atoms with Crippen LogP contribution >= 0.6 is 0 Å². The molecule has 0 heterocycles. The Morgan fingerprint density at radius 2 is 1.92 bits per heavy atom. The zero-order chi connectivity index (χ0) is 9.61. The summed E-state index contributed by atoms with van der Waals surface area (Å²) in [4.78, 5) is 0. The van der Waals surface area contributed by atoms with Crippen LogP contribution in [0.3, 0.4) is 0 Å². The molecule has 0 saturated carbocycles. The summed E-state index contributed by atoms with van der Waals surface area (Å²) in [6, 6.07) is -1.42. The summed E-state index contributed by atoms with van der Waals surface area (Å²) in [6.07, 6.45) is -0.0836.